The van der Waals surface area contributed by atoms with Crippen molar-refractivity contribution in [3.05, 3.63) is 70.9 Å². The van der Waals surface area contributed by atoms with Crippen molar-refractivity contribution < 1.29 is 14.3 Å². The van der Waals surface area contributed by atoms with E-state index in [1.54, 1.807) is 36.5 Å². The van der Waals surface area contributed by atoms with Gasteiger partial charge in [-0.25, -0.2) is 4.98 Å². The minimum atomic E-state index is -0.386. The molecule has 7 nitrogen and oxygen atoms in total. The summed E-state index contributed by atoms with van der Waals surface area (Å²) < 4.78 is 5.87. The van der Waals surface area contributed by atoms with E-state index in [-0.39, 0.29) is 29.8 Å². The van der Waals surface area contributed by atoms with E-state index >= 15 is 0 Å². The monoisotopic (exact) mass is 464 g/mol. The van der Waals surface area contributed by atoms with Crippen molar-refractivity contribution in [2.45, 2.75) is 20.8 Å². The first-order valence-corrected chi connectivity index (χ1v) is 11.2. The SMILES string of the molecule is CCN(CC)c1ccc(NC(=O)CN2C(=O)c3cccnc3Oc3ccc(Cl)cc32)c(C)c1. The van der Waals surface area contributed by atoms with Gasteiger partial charge in [-0.3, -0.25) is 14.5 Å². The number of hydrogen-bond donors (Lipinski definition) is 1. The number of carbonyl (C=O) groups is 2. The van der Waals surface area contributed by atoms with E-state index in [1.165, 1.54) is 4.90 Å². The average Bonchev–Trinajstić information content (AvgIpc) is 2.91. The second kappa shape index (κ2) is 9.50. The maximum absolute atomic E-state index is 13.3. The third kappa shape index (κ3) is 4.64. The number of benzene rings is 2. The standard InChI is InChI=1S/C25H25ClN4O3/c1-4-29(5-2)18-9-10-20(16(3)13-18)28-23(31)15-30-21-14-17(26)8-11-22(21)33-24-19(25(30)32)7-6-12-27-24/h6-14H,4-5,15H2,1-3H3,(H,28,31). The number of rotatable bonds is 6. The number of nitrogens with zero attached hydrogens (tertiary/aromatic N) is 3. The van der Waals surface area contributed by atoms with E-state index in [4.69, 9.17) is 16.3 Å². The van der Waals surface area contributed by atoms with Gasteiger partial charge in [0.2, 0.25) is 11.8 Å². The fraction of sp³-hybridized carbons (Fsp3) is 0.240. The zero-order valence-corrected chi connectivity index (χ0v) is 19.5. The normalized spacial score (nSPS) is 12.4. The molecule has 1 aliphatic rings. The van der Waals surface area contributed by atoms with Gasteiger partial charge in [0, 0.05) is 35.7 Å². The van der Waals surface area contributed by atoms with Crippen molar-refractivity contribution in [2.24, 2.45) is 0 Å². The Balaban J connectivity index is 1.61. The van der Waals surface area contributed by atoms with E-state index in [1.807, 2.05) is 25.1 Å². The van der Waals surface area contributed by atoms with Crippen LogP contribution < -0.4 is 19.9 Å². The number of nitrogens with one attached hydrogen (secondary N) is 1. The van der Waals surface area contributed by atoms with Gasteiger partial charge in [-0.2, -0.15) is 0 Å². The summed E-state index contributed by atoms with van der Waals surface area (Å²) >= 11 is 6.19. The summed E-state index contributed by atoms with van der Waals surface area (Å²) in [6.07, 6.45) is 1.55. The van der Waals surface area contributed by atoms with Crippen molar-refractivity contribution in [1.29, 1.82) is 0 Å². The number of aromatic nitrogens is 1. The number of carbonyl (C=O) groups excluding carboxylic acids is 2. The molecule has 0 aliphatic carbocycles. The number of hydrogen-bond acceptors (Lipinski definition) is 5. The fourth-order valence-electron chi connectivity index (χ4n) is 3.85. The lowest BCUT2D eigenvalue weighted by atomic mass is 10.1. The first kappa shape index (κ1) is 22.6. The number of anilines is 3. The highest BCUT2D eigenvalue weighted by Crippen LogP contribution is 2.39. The smallest absolute Gasteiger partial charge is 0.264 e. The Bertz CT molecular complexity index is 1210. The molecule has 3 aromatic rings. The molecule has 0 radical (unpaired) electrons. The Morgan fingerprint density at radius 3 is 2.67 bits per heavy atom. The number of pyridine rings is 1. The quantitative estimate of drug-likeness (QED) is 0.537. The third-order valence-electron chi connectivity index (χ3n) is 5.58. The number of amides is 2. The number of halogens is 1. The van der Waals surface area contributed by atoms with Crippen LogP contribution in [0.3, 0.4) is 0 Å². The van der Waals surface area contributed by atoms with E-state index in [0.29, 0.717) is 22.1 Å². The Hall–Kier alpha value is -3.58. The lowest BCUT2D eigenvalue weighted by molar-refractivity contribution is -0.114. The second-order valence-electron chi connectivity index (χ2n) is 7.68. The molecule has 8 heteroatoms. The molecule has 0 unspecified atom stereocenters. The van der Waals surface area contributed by atoms with E-state index in [0.717, 1.165) is 24.3 Å². The maximum Gasteiger partial charge on any atom is 0.264 e. The highest BCUT2D eigenvalue weighted by Gasteiger charge is 2.30. The summed E-state index contributed by atoms with van der Waals surface area (Å²) in [5.74, 6) is -0.127. The van der Waals surface area contributed by atoms with Crippen molar-refractivity contribution in [3.63, 3.8) is 0 Å². The molecular formula is C25H25ClN4O3. The third-order valence-corrected chi connectivity index (χ3v) is 5.81. The number of aryl methyl sites for hydroxylation is 1. The molecule has 0 fully saturated rings. The Labute approximate surface area is 197 Å². The van der Waals surface area contributed by atoms with Gasteiger partial charge in [0.05, 0.1) is 5.69 Å². The molecule has 0 saturated heterocycles. The van der Waals surface area contributed by atoms with Gasteiger partial charge in [-0.05, 0) is 74.9 Å². The molecule has 33 heavy (non-hydrogen) atoms. The van der Waals surface area contributed by atoms with Crippen molar-refractivity contribution in [2.75, 3.05) is 34.8 Å². The zero-order valence-electron chi connectivity index (χ0n) is 18.8. The summed E-state index contributed by atoms with van der Waals surface area (Å²) in [6.45, 7) is 7.76. The van der Waals surface area contributed by atoms with Crippen molar-refractivity contribution >= 4 is 40.5 Å². The molecule has 1 aromatic heterocycles. The van der Waals surface area contributed by atoms with Crippen LogP contribution in [0.15, 0.2) is 54.7 Å². The van der Waals surface area contributed by atoms with Gasteiger partial charge < -0.3 is 15.0 Å². The van der Waals surface area contributed by atoms with Crippen LogP contribution in [0.4, 0.5) is 17.1 Å². The van der Waals surface area contributed by atoms with Gasteiger partial charge in [0.25, 0.3) is 5.91 Å². The van der Waals surface area contributed by atoms with Crippen LogP contribution in [-0.2, 0) is 4.79 Å². The summed E-state index contributed by atoms with van der Waals surface area (Å²) in [7, 11) is 0. The molecule has 2 aromatic carbocycles. The Morgan fingerprint density at radius 1 is 1.15 bits per heavy atom. The largest absolute Gasteiger partial charge is 0.436 e. The average molecular weight is 465 g/mol. The van der Waals surface area contributed by atoms with Crippen LogP contribution in [0.25, 0.3) is 0 Å². The number of fused-ring (bicyclic) bond motifs is 2. The topological polar surface area (TPSA) is 74.8 Å². The van der Waals surface area contributed by atoms with Crippen LogP contribution in [0.5, 0.6) is 11.6 Å². The van der Waals surface area contributed by atoms with Gasteiger partial charge in [-0.15, -0.1) is 0 Å². The molecule has 2 heterocycles. The Morgan fingerprint density at radius 2 is 1.94 bits per heavy atom. The summed E-state index contributed by atoms with van der Waals surface area (Å²) in [6, 6.07) is 14.1. The minimum absolute atomic E-state index is 0.191. The van der Waals surface area contributed by atoms with Crippen LogP contribution in [0.1, 0.15) is 29.8 Å². The second-order valence-corrected chi connectivity index (χ2v) is 8.12. The summed E-state index contributed by atoms with van der Waals surface area (Å²) in [4.78, 5) is 34.1. The molecule has 1 aliphatic heterocycles. The molecule has 0 saturated carbocycles. The minimum Gasteiger partial charge on any atom is -0.436 e. The molecule has 170 valence electrons. The predicted molar refractivity (Wildman–Crippen MR) is 131 cm³/mol. The van der Waals surface area contributed by atoms with E-state index in [9.17, 15) is 9.59 Å². The molecule has 1 N–H and O–H groups in total. The van der Waals surface area contributed by atoms with E-state index in [2.05, 4.69) is 29.0 Å². The first-order valence-electron chi connectivity index (χ1n) is 10.8. The first-order chi connectivity index (χ1) is 15.9. The van der Waals surface area contributed by atoms with Crippen molar-refractivity contribution in [3.8, 4) is 11.6 Å². The predicted octanol–water partition coefficient (Wildman–Crippen LogP) is 5.28. The molecule has 0 bridgehead atoms. The molecule has 0 spiro atoms. The van der Waals surface area contributed by atoms with E-state index < -0.39 is 0 Å². The summed E-state index contributed by atoms with van der Waals surface area (Å²) in [5.41, 5.74) is 3.42. The molecule has 4 rings (SSSR count). The molecular weight excluding hydrogens is 440 g/mol. The Kier molecular flexibility index (Phi) is 6.51. The van der Waals surface area contributed by atoms with Gasteiger partial charge >= 0.3 is 0 Å². The highest BCUT2D eigenvalue weighted by molar-refractivity contribution is 6.31. The lowest BCUT2D eigenvalue weighted by Crippen LogP contribution is -2.37. The summed E-state index contributed by atoms with van der Waals surface area (Å²) in [5, 5.41) is 3.36. The van der Waals surface area contributed by atoms with Gasteiger partial charge in [-0.1, -0.05) is 11.6 Å². The van der Waals surface area contributed by atoms with Crippen LogP contribution in [0, 0.1) is 6.92 Å². The van der Waals surface area contributed by atoms with Crippen LogP contribution >= 0.6 is 11.6 Å². The lowest BCUT2D eigenvalue weighted by Gasteiger charge is -2.23. The number of ether oxygens (including phenoxy) is 1. The van der Waals surface area contributed by atoms with Crippen LogP contribution in [-0.4, -0.2) is 36.4 Å². The zero-order chi connectivity index (χ0) is 23.5. The maximum atomic E-state index is 13.3. The van der Waals surface area contributed by atoms with Crippen LogP contribution in [0.2, 0.25) is 5.02 Å². The highest BCUT2D eigenvalue weighted by atomic mass is 35.5. The fourth-order valence-corrected chi connectivity index (χ4v) is 4.01. The van der Waals surface area contributed by atoms with Gasteiger partial charge in [0.15, 0.2) is 5.75 Å². The molecule has 2 amide bonds. The molecule has 0 atom stereocenters. The van der Waals surface area contributed by atoms with Crippen molar-refractivity contribution in [1.82, 2.24) is 4.98 Å². The van der Waals surface area contributed by atoms with Gasteiger partial charge in [0.1, 0.15) is 12.1 Å².